The number of sulfonamides is 1. The minimum atomic E-state index is -3.63. The smallest absolute Gasteiger partial charge is 0.238 e. The Bertz CT molecular complexity index is 634. The van der Waals surface area contributed by atoms with Crippen LogP contribution in [0.25, 0.3) is 0 Å². The fourth-order valence-corrected chi connectivity index (χ4v) is 2.61. The zero-order chi connectivity index (χ0) is 18.7. The second-order valence-corrected chi connectivity index (χ2v) is 7.75. The highest BCUT2D eigenvalue weighted by Gasteiger charge is 2.06. The zero-order valence-corrected chi connectivity index (χ0v) is 18.8. The second kappa shape index (κ2) is 13.3. The van der Waals surface area contributed by atoms with Gasteiger partial charge in [-0.1, -0.05) is 26.0 Å². The maximum Gasteiger partial charge on any atom is 0.238 e. The van der Waals surface area contributed by atoms with Crippen molar-refractivity contribution in [3.8, 4) is 0 Å². The van der Waals surface area contributed by atoms with E-state index in [4.69, 9.17) is 9.88 Å². The largest absolute Gasteiger partial charge is 0.381 e. The molecule has 0 unspecified atom stereocenters. The van der Waals surface area contributed by atoms with Crippen LogP contribution in [-0.2, 0) is 21.2 Å². The summed E-state index contributed by atoms with van der Waals surface area (Å²) in [5.74, 6) is 1.30. The number of hydrogen-bond acceptors (Lipinski definition) is 4. The molecule has 1 aromatic carbocycles. The molecule has 0 saturated heterocycles. The Morgan fingerprint density at radius 1 is 1.19 bits per heavy atom. The summed E-state index contributed by atoms with van der Waals surface area (Å²) >= 11 is 0. The van der Waals surface area contributed by atoms with Gasteiger partial charge in [0.15, 0.2) is 5.96 Å². The van der Waals surface area contributed by atoms with E-state index in [0.29, 0.717) is 12.5 Å². The Kier molecular flexibility index (Phi) is 12.8. The van der Waals surface area contributed by atoms with Crippen LogP contribution in [0.2, 0.25) is 0 Å². The molecular formula is C17H31IN4O3S. The van der Waals surface area contributed by atoms with Gasteiger partial charge in [-0.15, -0.1) is 24.0 Å². The highest BCUT2D eigenvalue weighted by Crippen LogP contribution is 2.08. The molecule has 0 saturated carbocycles. The summed E-state index contributed by atoms with van der Waals surface area (Å²) in [5, 5.41) is 11.5. The molecule has 0 aliphatic rings. The average Bonchev–Trinajstić information content (AvgIpc) is 2.55. The number of halogens is 1. The maximum atomic E-state index is 11.2. The van der Waals surface area contributed by atoms with E-state index in [9.17, 15) is 8.42 Å². The molecule has 9 heteroatoms. The van der Waals surface area contributed by atoms with Crippen LogP contribution in [0.4, 0.5) is 0 Å². The minimum absolute atomic E-state index is 0. The topological polar surface area (TPSA) is 106 Å². The molecule has 4 N–H and O–H groups in total. The molecule has 0 atom stereocenters. The van der Waals surface area contributed by atoms with Crippen LogP contribution in [0.5, 0.6) is 0 Å². The number of rotatable bonds is 10. The predicted molar refractivity (Wildman–Crippen MR) is 117 cm³/mol. The second-order valence-electron chi connectivity index (χ2n) is 6.19. The van der Waals surface area contributed by atoms with Gasteiger partial charge in [-0.25, -0.2) is 13.6 Å². The number of aliphatic imine (C=N–C) groups is 1. The van der Waals surface area contributed by atoms with Crippen LogP contribution in [0.1, 0.15) is 25.8 Å². The van der Waals surface area contributed by atoms with E-state index >= 15 is 0 Å². The molecular weight excluding hydrogens is 467 g/mol. The van der Waals surface area contributed by atoms with Crippen molar-refractivity contribution in [3.63, 3.8) is 0 Å². The molecule has 150 valence electrons. The van der Waals surface area contributed by atoms with Crippen molar-refractivity contribution < 1.29 is 13.2 Å². The van der Waals surface area contributed by atoms with Gasteiger partial charge in [0.2, 0.25) is 10.0 Å². The SMILES string of the molecule is CN=C(NCCCOCC(C)C)NCCc1ccc(S(N)(=O)=O)cc1.I. The number of hydrogen-bond donors (Lipinski definition) is 3. The van der Waals surface area contributed by atoms with E-state index in [1.165, 1.54) is 12.1 Å². The van der Waals surface area contributed by atoms with Crippen molar-refractivity contribution in [2.75, 3.05) is 33.4 Å². The number of benzene rings is 1. The molecule has 0 aromatic heterocycles. The van der Waals surface area contributed by atoms with E-state index in [0.717, 1.165) is 44.1 Å². The summed E-state index contributed by atoms with van der Waals surface area (Å²) in [6, 6.07) is 6.58. The molecule has 0 fully saturated rings. The number of primary sulfonamides is 1. The number of nitrogens with two attached hydrogens (primary N) is 1. The van der Waals surface area contributed by atoms with Crippen molar-refractivity contribution in [1.29, 1.82) is 0 Å². The van der Waals surface area contributed by atoms with Crippen LogP contribution in [0.15, 0.2) is 34.2 Å². The van der Waals surface area contributed by atoms with E-state index in [1.807, 2.05) is 0 Å². The van der Waals surface area contributed by atoms with Gasteiger partial charge < -0.3 is 15.4 Å². The zero-order valence-electron chi connectivity index (χ0n) is 15.7. The first-order chi connectivity index (χ1) is 11.8. The number of guanidine groups is 1. The molecule has 7 nitrogen and oxygen atoms in total. The third-order valence-electron chi connectivity index (χ3n) is 3.39. The molecule has 0 bridgehead atoms. The highest BCUT2D eigenvalue weighted by atomic mass is 127. The van der Waals surface area contributed by atoms with Crippen LogP contribution >= 0.6 is 24.0 Å². The van der Waals surface area contributed by atoms with Gasteiger partial charge in [0, 0.05) is 33.4 Å². The fourth-order valence-electron chi connectivity index (χ4n) is 2.09. The average molecular weight is 498 g/mol. The molecule has 0 radical (unpaired) electrons. The third-order valence-corrected chi connectivity index (χ3v) is 4.32. The molecule has 1 aromatic rings. The van der Waals surface area contributed by atoms with Gasteiger partial charge in [0.25, 0.3) is 0 Å². The molecule has 0 aliphatic heterocycles. The van der Waals surface area contributed by atoms with Crippen LogP contribution in [0.3, 0.4) is 0 Å². The predicted octanol–water partition coefficient (Wildman–Crippen LogP) is 1.72. The first kappa shape index (κ1) is 25.1. The summed E-state index contributed by atoms with van der Waals surface area (Å²) < 4.78 is 28.0. The molecule has 26 heavy (non-hydrogen) atoms. The van der Waals surface area contributed by atoms with Gasteiger partial charge in [-0.2, -0.15) is 0 Å². The summed E-state index contributed by atoms with van der Waals surface area (Å²) in [5.41, 5.74) is 1.03. The van der Waals surface area contributed by atoms with Crippen LogP contribution < -0.4 is 15.8 Å². The van der Waals surface area contributed by atoms with Crippen molar-refractivity contribution in [1.82, 2.24) is 10.6 Å². The van der Waals surface area contributed by atoms with E-state index in [1.54, 1.807) is 19.2 Å². The lowest BCUT2D eigenvalue weighted by Crippen LogP contribution is -2.39. The van der Waals surface area contributed by atoms with Crippen molar-refractivity contribution in [2.45, 2.75) is 31.6 Å². The van der Waals surface area contributed by atoms with E-state index in [2.05, 4.69) is 29.5 Å². The number of ether oxygens (including phenoxy) is 1. The van der Waals surface area contributed by atoms with Gasteiger partial charge >= 0.3 is 0 Å². The Balaban J connectivity index is 0.00000625. The Morgan fingerprint density at radius 2 is 1.81 bits per heavy atom. The standard InChI is InChI=1S/C17H30N4O3S.HI/c1-14(2)13-24-12-4-10-20-17(19-3)21-11-9-15-5-7-16(8-6-15)25(18,22)23;/h5-8,14H,4,9-13H2,1-3H3,(H2,18,22,23)(H2,19,20,21);1H. The first-order valence-electron chi connectivity index (χ1n) is 8.47. The Labute approximate surface area is 174 Å². The van der Waals surface area contributed by atoms with Gasteiger partial charge in [-0.05, 0) is 36.5 Å². The van der Waals surface area contributed by atoms with Crippen molar-refractivity contribution in [3.05, 3.63) is 29.8 Å². The summed E-state index contributed by atoms with van der Waals surface area (Å²) in [6.45, 7) is 7.27. The number of nitrogens with zero attached hydrogens (tertiary/aromatic N) is 1. The lowest BCUT2D eigenvalue weighted by molar-refractivity contribution is 0.108. The molecule has 0 aliphatic carbocycles. The maximum absolute atomic E-state index is 11.2. The van der Waals surface area contributed by atoms with Crippen LogP contribution in [0, 0.1) is 5.92 Å². The van der Waals surface area contributed by atoms with E-state index < -0.39 is 10.0 Å². The monoisotopic (exact) mass is 498 g/mol. The van der Waals surface area contributed by atoms with Gasteiger partial charge in [0.05, 0.1) is 4.90 Å². The number of nitrogens with one attached hydrogen (secondary N) is 2. The summed E-state index contributed by atoms with van der Waals surface area (Å²) in [6.07, 6.45) is 1.67. The lowest BCUT2D eigenvalue weighted by atomic mass is 10.1. The van der Waals surface area contributed by atoms with Crippen LogP contribution in [-0.4, -0.2) is 47.7 Å². The molecule has 0 heterocycles. The molecule has 0 amide bonds. The third kappa shape index (κ3) is 10.9. The highest BCUT2D eigenvalue weighted by molar-refractivity contribution is 14.0. The molecule has 0 spiro atoms. The van der Waals surface area contributed by atoms with Crippen molar-refractivity contribution >= 4 is 40.0 Å². The van der Waals surface area contributed by atoms with Gasteiger partial charge in [0.1, 0.15) is 0 Å². The van der Waals surface area contributed by atoms with Gasteiger partial charge in [-0.3, -0.25) is 4.99 Å². The van der Waals surface area contributed by atoms with E-state index in [-0.39, 0.29) is 28.9 Å². The first-order valence-corrected chi connectivity index (χ1v) is 10.0. The quantitative estimate of drug-likeness (QED) is 0.197. The lowest BCUT2D eigenvalue weighted by Gasteiger charge is -2.12. The normalized spacial score (nSPS) is 12.0. The summed E-state index contributed by atoms with van der Waals surface area (Å²) in [7, 11) is -1.91. The minimum Gasteiger partial charge on any atom is -0.381 e. The fraction of sp³-hybridized carbons (Fsp3) is 0.588. The molecule has 1 rings (SSSR count). The van der Waals surface area contributed by atoms with Crippen molar-refractivity contribution in [2.24, 2.45) is 16.0 Å². The Hall–Kier alpha value is -0.910. The summed E-state index contributed by atoms with van der Waals surface area (Å²) in [4.78, 5) is 4.30. The Morgan fingerprint density at radius 3 is 2.35 bits per heavy atom.